The lowest BCUT2D eigenvalue weighted by atomic mass is 9.64. The Morgan fingerprint density at radius 3 is 2.44 bits per heavy atom. The Bertz CT molecular complexity index is 604. The van der Waals surface area contributed by atoms with E-state index in [0.717, 1.165) is 19.4 Å². The van der Waals surface area contributed by atoms with Gasteiger partial charge in [-0.3, -0.25) is 5.32 Å². The first kappa shape index (κ1) is 18.4. The Labute approximate surface area is 152 Å². The monoisotopic (exact) mass is 343 g/mol. The second-order valence-electron chi connectivity index (χ2n) is 9.04. The fraction of sp³-hybridized carbons (Fsp3) is 0.682. The third-order valence-corrected chi connectivity index (χ3v) is 6.66. The van der Waals surface area contributed by atoms with Crippen LogP contribution in [-0.2, 0) is 14.9 Å². The summed E-state index contributed by atoms with van der Waals surface area (Å²) in [6, 6.07) is 10.7. The van der Waals surface area contributed by atoms with Crippen molar-refractivity contribution in [2.75, 3.05) is 6.54 Å². The summed E-state index contributed by atoms with van der Waals surface area (Å²) in [6.07, 6.45) is 3.30. The summed E-state index contributed by atoms with van der Waals surface area (Å²) >= 11 is 0. The molecule has 3 nitrogen and oxygen atoms in total. The van der Waals surface area contributed by atoms with Crippen molar-refractivity contribution in [1.29, 1.82) is 0 Å². The van der Waals surface area contributed by atoms with Crippen LogP contribution in [0.3, 0.4) is 0 Å². The van der Waals surface area contributed by atoms with Crippen molar-refractivity contribution < 1.29 is 9.53 Å². The van der Waals surface area contributed by atoms with Gasteiger partial charge in [-0.25, -0.2) is 4.79 Å². The number of hydrogen-bond acceptors (Lipinski definition) is 3. The van der Waals surface area contributed by atoms with Gasteiger partial charge in [-0.2, -0.15) is 0 Å². The summed E-state index contributed by atoms with van der Waals surface area (Å²) in [5, 5.41) is 3.26. The van der Waals surface area contributed by atoms with Gasteiger partial charge in [0, 0.05) is 12.5 Å². The zero-order valence-corrected chi connectivity index (χ0v) is 16.3. The van der Waals surface area contributed by atoms with Crippen molar-refractivity contribution in [2.45, 2.75) is 70.9 Å². The van der Waals surface area contributed by atoms with Crippen LogP contribution in [0.5, 0.6) is 0 Å². The Balaban J connectivity index is 1.81. The van der Waals surface area contributed by atoms with Crippen LogP contribution in [0.2, 0.25) is 0 Å². The van der Waals surface area contributed by atoms with Crippen molar-refractivity contribution in [3.63, 3.8) is 0 Å². The van der Waals surface area contributed by atoms with Gasteiger partial charge >= 0.3 is 5.97 Å². The highest BCUT2D eigenvalue weighted by Gasteiger charge is 2.55. The van der Waals surface area contributed by atoms with Gasteiger partial charge in [0.25, 0.3) is 0 Å². The molecule has 2 aliphatic rings. The Morgan fingerprint density at radius 1 is 1.24 bits per heavy atom. The molecule has 4 atom stereocenters. The number of benzene rings is 1. The number of hydrogen-bond donors (Lipinski definition) is 1. The standard InChI is InChI=1S/C22H33NO2/c1-15(2)22(14-23-22)20(24)25-19-13-16(3)11-12-18(19)21(4,5)17-9-7-6-8-10-17/h6-10,15-16,18-19,23H,11-14H2,1-5H3/t16-,18-,19-,22-/m1/s1. The molecular formula is C22H33NO2. The van der Waals surface area contributed by atoms with Crippen molar-refractivity contribution >= 4 is 5.97 Å². The third kappa shape index (κ3) is 3.48. The molecule has 3 heteroatoms. The summed E-state index contributed by atoms with van der Waals surface area (Å²) in [5.41, 5.74) is 0.884. The fourth-order valence-corrected chi connectivity index (χ4v) is 4.49. The van der Waals surface area contributed by atoms with E-state index in [1.165, 1.54) is 12.0 Å². The number of ether oxygens (including phenoxy) is 1. The molecule has 0 unspecified atom stereocenters. The van der Waals surface area contributed by atoms with E-state index < -0.39 is 5.54 Å². The lowest BCUT2D eigenvalue weighted by molar-refractivity contribution is -0.161. The summed E-state index contributed by atoms with van der Waals surface area (Å²) in [7, 11) is 0. The molecule has 1 aliphatic carbocycles. The van der Waals surface area contributed by atoms with Gasteiger partial charge in [-0.1, -0.05) is 71.4 Å². The van der Waals surface area contributed by atoms with Crippen LogP contribution in [0.15, 0.2) is 30.3 Å². The molecule has 0 aromatic heterocycles. The Hall–Kier alpha value is -1.35. The summed E-state index contributed by atoms with van der Waals surface area (Å²) in [6.45, 7) is 11.8. The zero-order valence-electron chi connectivity index (χ0n) is 16.3. The Morgan fingerprint density at radius 2 is 1.88 bits per heavy atom. The molecule has 3 rings (SSSR count). The molecule has 138 valence electrons. The second kappa shape index (κ2) is 6.75. The molecule has 2 fully saturated rings. The highest BCUT2D eigenvalue weighted by Crippen LogP contribution is 2.44. The van der Waals surface area contributed by atoms with E-state index in [2.05, 4.69) is 70.3 Å². The van der Waals surface area contributed by atoms with E-state index in [9.17, 15) is 4.79 Å². The molecule has 1 saturated heterocycles. The molecule has 1 aromatic rings. The SMILES string of the molecule is CC(C)[C@@]1(C(=O)O[C@@H]2C[C@H](C)CC[C@H]2C(C)(C)c2ccccc2)CN1. The molecule has 25 heavy (non-hydrogen) atoms. The summed E-state index contributed by atoms with van der Waals surface area (Å²) < 4.78 is 6.17. The predicted molar refractivity (Wildman–Crippen MR) is 101 cm³/mol. The van der Waals surface area contributed by atoms with E-state index in [0.29, 0.717) is 11.8 Å². The molecule has 0 radical (unpaired) electrons. The largest absolute Gasteiger partial charge is 0.461 e. The van der Waals surface area contributed by atoms with Crippen LogP contribution in [0.25, 0.3) is 0 Å². The van der Waals surface area contributed by atoms with Crippen molar-refractivity contribution in [3.8, 4) is 0 Å². The summed E-state index contributed by atoms with van der Waals surface area (Å²) in [4.78, 5) is 12.9. The molecule has 0 spiro atoms. The number of esters is 1. The first-order chi connectivity index (χ1) is 11.8. The molecule has 1 aromatic carbocycles. The molecule has 1 saturated carbocycles. The lowest BCUT2D eigenvalue weighted by Crippen LogP contribution is -2.46. The van der Waals surface area contributed by atoms with Gasteiger partial charge in [0.15, 0.2) is 0 Å². The minimum atomic E-state index is -0.442. The van der Waals surface area contributed by atoms with E-state index in [1.807, 2.05) is 0 Å². The molecule has 0 amide bonds. The van der Waals surface area contributed by atoms with Crippen molar-refractivity contribution in [2.24, 2.45) is 17.8 Å². The average Bonchev–Trinajstić information content (AvgIpc) is 3.37. The quantitative estimate of drug-likeness (QED) is 0.640. The van der Waals surface area contributed by atoms with Crippen LogP contribution in [-0.4, -0.2) is 24.2 Å². The van der Waals surface area contributed by atoms with Crippen LogP contribution >= 0.6 is 0 Å². The second-order valence-corrected chi connectivity index (χ2v) is 9.04. The van der Waals surface area contributed by atoms with Gasteiger partial charge < -0.3 is 4.74 Å². The van der Waals surface area contributed by atoms with Crippen LogP contribution in [0.4, 0.5) is 0 Å². The van der Waals surface area contributed by atoms with E-state index in [1.54, 1.807) is 0 Å². The van der Waals surface area contributed by atoms with Gasteiger partial charge in [0.1, 0.15) is 11.6 Å². The van der Waals surface area contributed by atoms with Crippen LogP contribution in [0, 0.1) is 17.8 Å². The number of carbonyl (C=O) groups excluding carboxylic acids is 1. The van der Waals surface area contributed by atoms with Gasteiger partial charge in [0.2, 0.25) is 0 Å². The smallest absolute Gasteiger partial charge is 0.328 e. The normalized spacial score (nSPS) is 32.5. The van der Waals surface area contributed by atoms with Gasteiger partial charge in [0.05, 0.1) is 0 Å². The first-order valence-corrected chi connectivity index (χ1v) is 9.79. The molecular weight excluding hydrogens is 310 g/mol. The maximum absolute atomic E-state index is 12.9. The Kier molecular flexibility index (Phi) is 4.98. The predicted octanol–water partition coefficient (Wildman–Crippen LogP) is 4.31. The number of carbonyl (C=O) groups is 1. The maximum Gasteiger partial charge on any atom is 0.328 e. The number of nitrogens with one attached hydrogen (secondary N) is 1. The van der Waals surface area contributed by atoms with Crippen LogP contribution in [0.1, 0.15) is 59.4 Å². The minimum absolute atomic E-state index is 0.00415. The number of rotatable bonds is 5. The maximum atomic E-state index is 12.9. The van der Waals surface area contributed by atoms with Crippen LogP contribution < -0.4 is 5.32 Å². The third-order valence-electron chi connectivity index (χ3n) is 6.66. The van der Waals surface area contributed by atoms with E-state index in [-0.39, 0.29) is 23.4 Å². The first-order valence-electron chi connectivity index (χ1n) is 9.79. The minimum Gasteiger partial charge on any atom is -0.461 e. The molecule has 1 heterocycles. The summed E-state index contributed by atoms with van der Waals surface area (Å²) in [5.74, 6) is 1.19. The fourth-order valence-electron chi connectivity index (χ4n) is 4.49. The average molecular weight is 344 g/mol. The molecule has 1 N–H and O–H groups in total. The highest BCUT2D eigenvalue weighted by atomic mass is 16.5. The van der Waals surface area contributed by atoms with E-state index in [4.69, 9.17) is 4.74 Å². The van der Waals surface area contributed by atoms with Gasteiger partial charge in [-0.05, 0) is 35.7 Å². The lowest BCUT2D eigenvalue weighted by Gasteiger charge is -2.44. The zero-order chi connectivity index (χ0) is 18.2. The van der Waals surface area contributed by atoms with E-state index >= 15 is 0 Å². The molecule has 0 bridgehead atoms. The highest BCUT2D eigenvalue weighted by molar-refractivity contribution is 5.85. The van der Waals surface area contributed by atoms with Gasteiger partial charge in [-0.15, -0.1) is 0 Å². The van der Waals surface area contributed by atoms with Crippen molar-refractivity contribution in [3.05, 3.63) is 35.9 Å². The molecule has 1 aliphatic heterocycles. The topological polar surface area (TPSA) is 48.2 Å². The van der Waals surface area contributed by atoms with Crippen molar-refractivity contribution in [1.82, 2.24) is 5.32 Å².